The Morgan fingerprint density at radius 2 is 1.89 bits per heavy atom. The number of rotatable bonds is 5. The van der Waals surface area contributed by atoms with Crippen LogP contribution in [-0.2, 0) is 0 Å². The number of ether oxygens (including phenoxy) is 1. The van der Waals surface area contributed by atoms with Gasteiger partial charge in [-0.1, -0.05) is 0 Å². The van der Waals surface area contributed by atoms with Gasteiger partial charge in [-0.2, -0.15) is 0 Å². The van der Waals surface area contributed by atoms with E-state index in [0.29, 0.717) is 29.2 Å². The molecule has 1 saturated heterocycles. The summed E-state index contributed by atoms with van der Waals surface area (Å²) in [6.07, 6.45) is 0.875. The van der Waals surface area contributed by atoms with Crippen molar-refractivity contribution in [2.75, 3.05) is 24.6 Å². The van der Waals surface area contributed by atoms with Crippen molar-refractivity contribution in [3.8, 4) is 5.75 Å². The summed E-state index contributed by atoms with van der Waals surface area (Å²) in [5.74, 6) is -0.392. The summed E-state index contributed by atoms with van der Waals surface area (Å²) < 4.78 is 5.40. The van der Waals surface area contributed by atoms with Crippen molar-refractivity contribution in [1.29, 1.82) is 0 Å². The smallest absolute Gasteiger partial charge is 0.266 e. The zero-order valence-corrected chi connectivity index (χ0v) is 15.5. The first-order valence-corrected chi connectivity index (χ1v) is 9.35. The van der Waals surface area contributed by atoms with Gasteiger partial charge in [0.2, 0.25) is 0 Å². The van der Waals surface area contributed by atoms with E-state index in [9.17, 15) is 14.4 Å². The average molecular weight is 379 g/mol. The van der Waals surface area contributed by atoms with Crippen molar-refractivity contribution in [2.45, 2.75) is 19.4 Å². The number of anilines is 1. The number of nitrogens with one attached hydrogen (secondary N) is 2. The molecule has 2 aliphatic heterocycles. The molecule has 1 atom stereocenters. The highest BCUT2D eigenvalue weighted by molar-refractivity contribution is 6.34. The molecule has 0 bridgehead atoms. The van der Waals surface area contributed by atoms with Crippen LogP contribution in [-0.4, -0.2) is 43.5 Å². The van der Waals surface area contributed by atoms with Gasteiger partial charge >= 0.3 is 0 Å². The van der Waals surface area contributed by atoms with Crippen LogP contribution < -0.4 is 20.3 Å². The minimum Gasteiger partial charge on any atom is -0.494 e. The van der Waals surface area contributed by atoms with Gasteiger partial charge in [0.1, 0.15) is 5.75 Å². The lowest BCUT2D eigenvalue weighted by Gasteiger charge is -2.14. The summed E-state index contributed by atoms with van der Waals surface area (Å²) in [6, 6.07) is 11.5. The molecule has 2 aromatic rings. The fourth-order valence-corrected chi connectivity index (χ4v) is 3.52. The molecule has 0 aromatic heterocycles. The van der Waals surface area contributed by atoms with E-state index in [1.54, 1.807) is 36.4 Å². The molecular weight excluding hydrogens is 358 g/mol. The van der Waals surface area contributed by atoms with Crippen LogP contribution in [0.5, 0.6) is 5.75 Å². The molecule has 2 N–H and O–H groups in total. The average Bonchev–Trinajstić information content (AvgIpc) is 3.30. The quantitative estimate of drug-likeness (QED) is 0.776. The van der Waals surface area contributed by atoms with Gasteiger partial charge in [-0.3, -0.25) is 14.4 Å². The van der Waals surface area contributed by atoms with Crippen molar-refractivity contribution >= 4 is 23.4 Å². The minimum atomic E-state index is -0.429. The molecule has 2 aromatic carbocycles. The molecular formula is C21H21N3O4. The predicted octanol–water partition coefficient (Wildman–Crippen LogP) is 1.98. The largest absolute Gasteiger partial charge is 0.494 e. The molecule has 144 valence electrons. The van der Waals surface area contributed by atoms with Gasteiger partial charge in [-0.05, 0) is 62.4 Å². The number of amides is 3. The van der Waals surface area contributed by atoms with Crippen LogP contribution in [0.25, 0.3) is 0 Å². The van der Waals surface area contributed by atoms with Crippen molar-refractivity contribution in [2.24, 2.45) is 0 Å². The molecule has 0 spiro atoms. The van der Waals surface area contributed by atoms with Crippen LogP contribution in [0.1, 0.15) is 44.4 Å². The molecule has 3 amide bonds. The molecule has 1 fully saturated rings. The number of fused-ring (bicyclic) bond motifs is 1. The predicted molar refractivity (Wildman–Crippen MR) is 104 cm³/mol. The summed E-state index contributed by atoms with van der Waals surface area (Å²) in [4.78, 5) is 39.2. The van der Waals surface area contributed by atoms with E-state index in [1.807, 2.05) is 6.92 Å². The van der Waals surface area contributed by atoms with E-state index in [2.05, 4.69) is 10.6 Å². The second-order valence-electron chi connectivity index (χ2n) is 6.80. The maximum Gasteiger partial charge on any atom is 0.266 e. The van der Waals surface area contributed by atoms with Crippen molar-refractivity contribution < 1.29 is 19.1 Å². The Labute approximate surface area is 162 Å². The summed E-state index contributed by atoms with van der Waals surface area (Å²) in [7, 11) is 0. The molecule has 4 rings (SSSR count). The van der Waals surface area contributed by atoms with Crippen LogP contribution in [0.4, 0.5) is 5.69 Å². The lowest BCUT2D eigenvalue weighted by molar-refractivity contribution is 0.0922. The second-order valence-corrected chi connectivity index (χ2v) is 6.80. The maximum absolute atomic E-state index is 12.9. The van der Waals surface area contributed by atoms with E-state index in [0.717, 1.165) is 24.4 Å². The third-order valence-corrected chi connectivity index (χ3v) is 4.95. The molecule has 2 aliphatic rings. The molecule has 7 nitrogen and oxygen atoms in total. The Morgan fingerprint density at radius 3 is 2.57 bits per heavy atom. The Morgan fingerprint density at radius 1 is 1.14 bits per heavy atom. The molecule has 7 heteroatoms. The number of nitrogens with zero attached hydrogens (tertiary/aromatic N) is 1. The number of benzene rings is 2. The van der Waals surface area contributed by atoms with Crippen LogP contribution in [0.15, 0.2) is 42.5 Å². The molecule has 28 heavy (non-hydrogen) atoms. The van der Waals surface area contributed by atoms with Crippen LogP contribution >= 0.6 is 0 Å². The third-order valence-electron chi connectivity index (χ3n) is 4.95. The molecule has 0 radical (unpaired) electrons. The summed E-state index contributed by atoms with van der Waals surface area (Å²) in [5.41, 5.74) is 1.40. The van der Waals surface area contributed by atoms with E-state index in [4.69, 9.17) is 4.74 Å². The Bertz CT molecular complexity index is 933. The highest BCUT2D eigenvalue weighted by atomic mass is 16.5. The standard InChI is InChI=1S/C21H21N3O4/c1-2-28-16-6-4-15(5-7-16)24-20(26)17-8-3-13(11-18(17)21(24)27)19(25)23-14-9-10-22-12-14/h3-8,11,14,22H,2,9-10,12H2,1H3,(H,23,25). The lowest BCUT2D eigenvalue weighted by Crippen LogP contribution is -2.36. The van der Waals surface area contributed by atoms with Gasteiger partial charge in [-0.25, -0.2) is 4.90 Å². The summed E-state index contributed by atoms with van der Waals surface area (Å²) >= 11 is 0. The van der Waals surface area contributed by atoms with Gasteiger partial charge in [0.15, 0.2) is 0 Å². The number of hydrogen-bond acceptors (Lipinski definition) is 5. The minimum absolute atomic E-state index is 0.0819. The fourth-order valence-electron chi connectivity index (χ4n) is 3.52. The third kappa shape index (κ3) is 3.25. The van der Waals surface area contributed by atoms with Crippen LogP contribution in [0.3, 0.4) is 0 Å². The van der Waals surface area contributed by atoms with Crippen molar-refractivity contribution in [3.05, 3.63) is 59.2 Å². The SMILES string of the molecule is CCOc1ccc(N2C(=O)c3ccc(C(=O)NC4CCNC4)cc3C2=O)cc1. The Hall–Kier alpha value is -3.19. The molecule has 1 unspecified atom stereocenters. The first kappa shape index (κ1) is 18.2. The van der Waals surface area contributed by atoms with Crippen molar-refractivity contribution in [3.63, 3.8) is 0 Å². The van der Waals surface area contributed by atoms with Crippen LogP contribution in [0, 0.1) is 0 Å². The van der Waals surface area contributed by atoms with E-state index < -0.39 is 11.8 Å². The molecule has 0 aliphatic carbocycles. The number of hydrogen-bond donors (Lipinski definition) is 2. The molecule has 0 saturated carbocycles. The normalized spacial score (nSPS) is 18.3. The van der Waals surface area contributed by atoms with Gasteiger partial charge in [0, 0.05) is 18.2 Å². The Kier molecular flexibility index (Phi) is 4.83. The maximum atomic E-state index is 12.9. The first-order valence-electron chi connectivity index (χ1n) is 9.35. The highest BCUT2D eigenvalue weighted by Crippen LogP contribution is 2.30. The topological polar surface area (TPSA) is 87.7 Å². The second kappa shape index (κ2) is 7.44. The van der Waals surface area contributed by atoms with Crippen LogP contribution in [0.2, 0.25) is 0 Å². The van der Waals surface area contributed by atoms with E-state index >= 15 is 0 Å². The number of carbonyl (C=O) groups is 3. The summed E-state index contributed by atoms with van der Waals surface area (Å²) in [5, 5.41) is 6.14. The van der Waals surface area contributed by atoms with Gasteiger partial charge in [0.05, 0.1) is 23.4 Å². The number of imide groups is 1. The lowest BCUT2D eigenvalue weighted by atomic mass is 10.0. The summed E-state index contributed by atoms with van der Waals surface area (Å²) in [6.45, 7) is 4.03. The molecule has 2 heterocycles. The van der Waals surface area contributed by atoms with Crippen molar-refractivity contribution in [1.82, 2.24) is 10.6 Å². The monoisotopic (exact) mass is 379 g/mol. The van der Waals surface area contributed by atoms with E-state index in [-0.39, 0.29) is 17.5 Å². The first-order chi connectivity index (χ1) is 13.6. The Balaban J connectivity index is 1.57. The van der Waals surface area contributed by atoms with Gasteiger partial charge in [0.25, 0.3) is 17.7 Å². The number of carbonyl (C=O) groups excluding carboxylic acids is 3. The zero-order valence-electron chi connectivity index (χ0n) is 15.5. The van der Waals surface area contributed by atoms with Gasteiger partial charge < -0.3 is 15.4 Å². The highest BCUT2D eigenvalue weighted by Gasteiger charge is 2.37. The fraction of sp³-hybridized carbons (Fsp3) is 0.286. The zero-order chi connectivity index (χ0) is 19.7. The van der Waals surface area contributed by atoms with E-state index in [1.165, 1.54) is 6.07 Å². The van der Waals surface area contributed by atoms with Gasteiger partial charge in [-0.15, -0.1) is 0 Å².